The average Bonchev–Trinajstić information content (AvgIpc) is 3.57. The summed E-state index contributed by atoms with van der Waals surface area (Å²) in [5.74, 6) is -0.164. The second-order valence-electron chi connectivity index (χ2n) is 8.15. The fraction of sp³-hybridized carbons (Fsp3) is 0.120. The van der Waals surface area contributed by atoms with Crippen LogP contribution in [-0.2, 0) is 4.79 Å². The lowest BCUT2D eigenvalue weighted by Crippen LogP contribution is -2.18. The summed E-state index contributed by atoms with van der Waals surface area (Å²) in [6.07, 6.45) is 5.94. The minimum Gasteiger partial charge on any atom is -0.354 e. The van der Waals surface area contributed by atoms with E-state index in [2.05, 4.69) is 37.9 Å². The van der Waals surface area contributed by atoms with Crippen LogP contribution in [0, 0.1) is 5.92 Å². The molecule has 1 saturated carbocycles. The van der Waals surface area contributed by atoms with Gasteiger partial charge in [0.15, 0.2) is 0 Å². The molecule has 2 amide bonds. The molecule has 0 bridgehead atoms. The van der Waals surface area contributed by atoms with E-state index in [1.54, 1.807) is 24.7 Å². The molecule has 0 unspecified atom stereocenters. The van der Waals surface area contributed by atoms with E-state index in [0.717, 1.165) is 34.1 Å². The molecule has 156 valence electrons. The maximum Gasteiger partial charge on any atom is 0.272 e. The van der Waals surface area contributed by atoms with Crippen LogP contribution in [0.25, 0.3) is 22.2 Å². The number of hydrazone groups is 1. The maximum atomic E-state index is 12.9. The Morgan fingerprint density at radius 1 is 1.09 bits per heavy atom. The third-order valence-corrected chi connectivity index (χ3v) is 6.11. The van der Waals surface area contributed by atoms with Crippen LogP contribution in [0.1, 0.15) is 33.8 Å². The first kappa shape index (κ1) is 18.5. The first-order valence-electron chi connectivity index (χ1n) is 10.5. The van der Waals surface area contributed by atoms with Crippen LogP contribution in [-0.4, -0.2) is 28.0 Å². The molecule has 7 heteroatoms. The van der Waals surface area contributed by atoms with Crippen LogP contribution in [0.5, 0.6) is 0 Å². The van der Waals surface area contributed by atoms with Gasteiger partial charge in [0.1, 0.15) is 0 Å². The summed E-state index contributed by atoms with van der Waals surface area (Å²) < 4.78 is 0. The van der Waals surface area contributed by atoms with Gasteiger partial charge in [-0.05, 0) is 42.2 Å². The molecule has 7 nitrogen and oxygen atoms in total. The Bertz CT molecular complexity index is 1390. The number of hydrogen-bond donors (Lipinski definition) is 3. The van der Waals surface area contributed by atoms with Crippen molar-refractivity contribution in [3.05, 3.63) is 83.7 Å². The van der Waals surface area contributed by atoms with Gasteiger partial charge in [-0.15, -0.1) is 0 Å². The van der Waals surface area contributed by atoms with E-state index in [0.29, 0.717) is 11.3 Å². The van der Waals surface area contributed by atoms with Gasteiger partial charge in [0.25, 0.3) is 5.91 Å². The number of nitrogens with one attached hydrogen (secondary N) is 3. The number of pyridine rings is 1. The van der Waals surface area contributed by atoms with Crippen LogP contribution >= 0.6 is 0 Å². The summed E-state index contributed by atoms with van der Waals surface area (Å²) in [4.78, 5) is 33.2. The van der Waals surface area contributed by atoms with Gasteiger partial charge in [0.2, 0.25) is 5.91 Å². The summed E-state index contributed by atoms with van der Waals surface area (Å²) in [7, 11) is 0. The zero-order chi connectivity index (χ0) is 21.7. The Morgan fingerprint density at radius 2 is 1.97 bits per heavy atom. The van der Waals surface area contributed by atoms with Crippen molar-refractivity contribution in [2.75, 3.05) is 5.32 Å². The summed E-state index contributed by atoms with van der Waals surface area (Å²) in [6.45, 7) is 0. The van der Waals surface area contributed by atoms with Gasteiger partial charge in [-0.3, -0.25) is 14.6 Å². The van der Waals surface area contributed by atoms with E-state index < -0.39 is 0 Å². The van der Waals surface area contributed by atoms with Crippen LogP contribution in [0.3, 0.4) is 0 Å². The van der Waals surface area contributed by atoms with E-state index >= 15 is 0 Å². The lowest BCUT2D eigenvalue weighted by molar-refractivity contribution is -0.117. The monoisotopic (exact) mass is 421 g/mol. The van der Waals surface area contributed by atoms with Gasteiger partial charge in [0.05, 0.1) is 17.5 Å². The van der Waals surface area contributed by atoms with Crippen LogP contribution in [0.2, 0.25) is 0 Å². The normalized spacial score (nSPS) is 18.8. The lowest BCUT2D eigenvalue weighted by atomic mass is 10.0. The second-order valence-corrected chi connectivity index (χ2v) is 8.15. The van der Waals surface area contributed by atoms with E-state index in [1.165, 1.54) is 5.56 Å². The largest absolute Gasteiger partial charge is 0.354 e. The number of H-pyrrole nitrogens is 1. The summed E-state index contributed by atoms with van der Waals surface area (Å²) in [6, 6.07) is 17.5. The summed E-state index contributed by atoms with van der Waals surface area (Å²) in [5.41, 5.74) is 8.06. The maximum absolute atomic E-state index is 12.9. The molecule has 32 heavy (non-hydrogen) atoms. The minimum absolute atomic E-state index is 0.0325. The standard InChI is InChI=1S/C25H19N5O2/c31-24(18-11-17(18)14-5-2-1-3-6-14)28-16-9-19-22-20(13-27-30-25(19)32)23(29-21(22)10-16)15-7-4-8-26-12-15/h1-10,12-13,17-18,29H,11H2,(H,28,31)(H,30,32)/t17-,18+/m0/s1. The molecular weight excluding hydrogens is 402 g/mol. The van der Waals surface area contributed by atoms with E-state index in [1.807, 2.05) is 36.4 Å². The molecule has 3 N–H and O–H groups in total. The summed E-state index contributed by atoms with van der Waals surface area (Å²) in [5, 5.41) is 7.85. The minimum atomic E-state index is -0.314. The topological polar surface area (TPSA) is 99.2 Å². The highest BCUT2D eigenvalue weighted by Crippen LogP contribution is 2.48. The third-order valence-electron chi connectivity index (χ3n) is 6.11. The Morgan fingerprint density at radius 3 is 2.78 bits per heavy atom. The molecule has 2 aromatic heterocycles. The van der Waals surface area contributed by atoms with Crippen molar-refractivity contribution in [2.45, 2.75) is 12.3 Å². The first-order valence-corrected chi connectivity index (χ1v) is 10.5. The third kappa shape index (κ3) is 3.06. The molecular formula is C25H19N5O2. The molecule has 1 aliphatic carbocycles. The molecule has 4 aromatic rings. The summed E-state index contributed by atoms with van der Waals surface area (Å²) >= 11 is 0. The van der Waals surface area contributed by atoms with Gasteiger partial charge in [-0.2, -0.15) is 5.10 Å². The van der Waals surface area contributed by atoms with Gasteiger partial charge >= 0.3 is 0 Å². The molecule has 3 heterocycles. The number of benzene rings is 2. The van der Waals surface area contributed by atoms with Crippen molar-refractivity contribution in [3.63, 3.8) is 0 Å². The Hall–Kier alpha value is -4.26. The van der Waals surface area contributed by atoms with Crippen molar-refractivity contribution >= 4 is 34.6 Å². The Labute approximate surface area is 183 Å². The number of nitrogens with zero attached hydrogens (tertiary/aromatic N) is 2. The van der Waals surface area contributed by atoms with E-state index in [4.69, 9.17) is 0 Å². The molecule has 1 aliphatic heterocycles. The van der Waals surface area contributed by atoms with E-state index in [9.17, 15) is 9.59 Å². The number of hydrogen-bond acceptors (Lipinski definition) is 4. The lowest BCUT2D eigenvalue weighted by Gasteiger charge is -2.08. The quantitative estimate of drug-likeness (QED) is 0.464. The number of carbonyl (C=O) groups excluding carboxylic acids is 2. The highest BCUT2D eigenvalue weighted by atomic mass is 16.2. The number of anilines is 1. The average molecular weight is 421 g/mol. The molecule has 0 spiro atoms. The van der Waals surface area contributed by atoms with Crippen LogP contribution in [0.15, 0.2) is 72.1 Å². The predicted octanol–water partition coefficient (Wildman–Crippen LogP) is 4.05. The zero-order valence-electron chi connectivity index (χ0n) is 17.0. The van der Waals surface area contributed by atoms with Crippen LogP contribution < -0.4 is 10.7 Å². The van der Waals surface area contributed by atoms with Crippen molar-refractivity contribution in [2.24, 2.45) is 11.0 Å². The number of amides is 2. The van der Waals surface area contributed by atoms with Crippen molar-refractivity contribution in [1.29, 1.82) is 0 Å². The van der Waals surface area contributed by atoms with Crippen molar-refractivity contribution in [3.8, 4) is 11.3 Å². The molecule has 1 fully saturated rings. The fourth-order valence-electron chi connectivity index (χ4n) is 4.48. The highest BCUT2D eigenvalue weighted by Gasteiger charge is 2.43. The molecule has 0 radical (unpaired) electrons. The second kappa shape index (κ2) is 7.16. The molecule has 0 saturated heterocycles. The SMILES string of the molecule is O=C1NN=Cc2c(-c3cccnc3)[nH]c3cc(NC(=O)[C@@H]4C[C@H]4c4ccccc4)cc1c23. The van der Waals surface area contributed by atoms with Crippen LogP contribution in [0.4, 0.5) is 5.69 Å². The number of rotatable bonds is 4. The number of carbonyl (C=O) groups is 2. The Balaban J connectivity index is 1.36. The first-order chi connectivity index (χ1) is 15.7. The smallest absolute Gasteiger partial charge is 0.272 e. The zero-order valence-corrected chi connectivity index (χ0v) is 17.0. The van der Waals surface area contributed by atoms with Gasteiger partial charge in [0, 0.05) is 46.0 Å². The fourth-order valence-corrected chi connectivity index (χ4v) is 4.48. The number of aromatic nitrogens is 2. The molecule has 2 atom stereocenters. The van der Waals surface area contributed by atoms with Crippen molar-refractivity contribution in [1.82, 2.24) is 15.4 Å². The van der Waals surface area contributed by atoms with Gasteiger partial charge in [-0.1, -0.05) is 30.3 Å². The molecule has 2 aliphatic rings. The van der Waals surface area contributed by atoms with Gasteiger partial charge < -0.3 is 10.3 Å². The highest BCUT2D eigenvalue weighted by molar-refractivity contribution is 6.18. The number of aromatic amines is 1. The van der Waals surface area contributed by atoms with E-state index in [-0.39, 0.29) is 23.7 Å². The van der Waals surface area contributed by atoms with Gasteiger partial charge in [-0.25, -0.2) is 5.43 Å². The molecule has 2 aromatic carbocycles. The Kier molecular flexibility index (Phi) is 4.14. The predicted molar refractivity (Wildman–Crippen MR) is 123 cm³/mol. The molecule has 6 rings (SSSR count). The van der Waals surface area contributed by atoms with Crippen molar-refractivity contribution < 1.29 is 9.59 Å².